The molecule has 0 saturated heterocycles. The number of para-hydroxylation sites is 3. The molecule has 0 spiro atoms. The molecule has 4 aromatic heterocycles. The predicted molar refractivity (Wildman–Crippen MR) is 314 cm³/mol. The van der Waals surface area contributed by atoms with Crippen LogP contribution in [-0.4, -0.2) is 24.1 Å². The van der Waals surface area contributed by atoms with E-state index in [4.69, 9.17) is 15.0 Å². The van der Waals surface area contributed by atoms with E-state index >= 15 is 0 Å². The Morgan fingerprint density at radius 3 is 1.36 bits per heavy atom. The second-order valence-electron chi connectivity index (χ2n) is 19.1. The van der Waals surface area contributed by atoms with E-state index in [1.54, 1.807) is 0 Å². The summed E-state index contributed by atoms with van der Waals surface area (Å²) in [6.45, 7) is 0. The Morgan fingerprint density at radius 1 is 0.267 bits per heavy atom. The van der Waals surface area contributed by atoms with Crippen LogP contribution in [0.2, 0.25) is 0 Å². The maximum absolute atomic E-state index is 5.46. The molecule has 11 aromatic carbocycles. The Labute approximate surface area is 436 Å². The molecule has 0 bridgehead atoms. The molecular formula is C69H43N5S. The van der Waals surface area contributed by atoms with Crippen molar-refractivity contribution in [2.45, 2.75) is 0 Å². The van der Waals surface area contributed by atoms with Crippen molar-refractivity contribution in [3.8, 4) is 78.9 Å². The third kappa shape index (κ3) is 7.03. The van der Waals surface area contributed by atoms with Crippen molar-refractivity contribution in [2.24, 2.45) is 0 Å². The summed E-state index contributed by atoms with van der Waals surface area (Å²) < 4.78 is 7.42. The van der Waals surface area contributed by atoms with Gasteiger partial charge in [0.15, 0.2) is 17.5 Å². The number of hydrogen-bond donors (Lipinski definition) is 0. The summed E-state index contributed by atoms with van der Waals surface area (Å²) in [5.41, 5.74) is 16.4. The van der Waals surface area contributed by atoms with Gasteiger partial charge < -0.3 is 9.13 Å². The molecule has 6 heteroatoms. The van der Waals surface area contributed by atoms with Crippen LogP contribution in [0.4, 0.5) is 0 Å². The van der Waals surface area contributed by atoms with Crippen LogP contribution >= 0.6 is 11.3 Å². The minimum Gasteiger partial charge on any atom is -0.308 e. The van der Waals surface area contributed by atoms with Crippen LogP contribution < -0.4 is 0 Å². The molecule has 0 unspecified atom stereocenters. The van der Waals surface area contributed by atoms with Crippen molar-refractivity contribution in [1.29, 1.82) is 0 Å². The normalized spacial score (nSPS) is 11.7. The van der Waals surface area contributed by atoms with E-state index in [1.165, 1.54) is 63.9 Å². The SMILES string of the molecule is c1ccc(-c2ccc(-c3nc(-c4ccccc4-c4ccccc4)nc(-c4ccccc4-n4c5ccccc5c5ccc6c7ccc8c9ccccc9n(-c9cccc(-c%10ccccc%10)c9)c8c7sc6c54)n3)cc2)cc1. The van der Waals surface area contributed by atoms with Gasteiger partial charge >= 0.3 is 0 Å². The summed E-state index contributed by atoms with van der Waals surface area (Å²) in [6, 6.07) is 93.2. The average Bonchev–Trinajstić information content (AvgIpc) is 4.17. The van der Waals surface area contributed by atoms with Crippen molar-refractivity contribution < 1.29 is 0 Å². The lowest BCUT2D eigenvalue weighted by Gasteiger charge is -2.16. The molecule has 0 aliphatic rings. The van der Waals surface area contributed by atoms with Crippen LogP contribution in [-0.2, 0) is 0 Å². The average molecular weight is 974 g/mol. The van der Waals surface area contributed by atoms with Gasteiger partial charge in [0.2, 0.25) is 0 Å². The van der Waals surface area contributed by atoms with Crippen LogP contribution in [0.25, 0.3) is 143 Å². The number of aromatic nitrogens is 5. The van der Waals surface area contributed by atoms with E-state index in [0.29, 0.717) is 17.5 Å². The largest absolute Gasteiger partial charge is 0.308 e. The first-order valence-electron chi connectivity index (χ1n) is 25.3. The lowest BCUT2D eigenvalue weighted by molar-refractivity contribution is 1.07. The first-order chi connectivity index (χ1) is 37.2. The highest BCUT2D eigenvalue weighted by Gasteiger charge is 2.24. The second kappa shape index (κ2) is 17.5. The van der Waals surface area contributed by atoms with Gasteiger partial charge in [0.05, 0.1) is 37.2 Å². The molecule has 5 nitrogen and oxygen atoms in total. The summed E-state index contributed by atoms with van der Waals surface area (Å²) in [7, 11) is 0. The van der Waals surface area contributed by atoms with E-state index in [-0.39, 0.29) is 0 Å². The van der Waals surface area contributed by atoms with Gasteiger partial charge in [-0.05, 0) is 69.8 Å². The lowest BCUT2D eigenvalue weighted by Crippen LogP contribution is -2.04. The number of fused-ring (bicyclic) bond motifs is 11. The van der Waals surface area contributed by atoms with Crippen molar-refractivity contribution in [3.63, 3.8) is 0 Å². The van der Waals surface area contributed by atoms with Gasteiger partial charge in [0.25, 0.3) is 0 Å². The Balaban J connectivity index is 0.977. The molecule has 4 heterocycles. The zero-order valence-electron chi connectivity index (χ0n) is 40.5. The van der Waals surface area contributed by atoms with Gasteiger partial charge in [-0.3, -0.25) is 0 Å². The zero-order valence-corrected chi connectivity index (χ0v) is 41.3. The summed E-state index contributed by atoms with van der Waals surface area (Å²) in [5, 5.41) is 7.31. The molecule has 0 amide bonds. The minimum atomic E-state index is 0.596. The van der Waals surface area contributed by atoms with Gasteiger partial charge in [-0.2, -0.15) is 0 Å². The van der Waals surface area contributed by atoms with E-state index in [0.717, 1.165) is 61.4 Å². The Bertz CT molecular complexity index is 4690. The van der Waals surface area contributed by atoms with E-state index in [9.17, 15) is 0 Å². The topological polar surface area (TPSA) is 48.5 Å². The number of benzene rings is 11. The maximum atomic E-state index is 5.46. The van der Waals surface area contributed by atoms with Crippen LogP contribution in [0.5, 0.6) is 0 Å². The van der Waals surface area contributed by atoms with Gasteiger partial charge in [-0.15, -0.1) is 11.3 Å². The third-order valence-electron chi connectivity index (χ3n) is 14.8. The van der Waals surface area contributed by atoms with Gasteiger partial charge in [0.1, 0.15) is 0 Å². The van der Waals surface area contributed by atoms with E-state index < -0.39 is 0 Å². The van der Waals surface area contributed by atoms with E-state index in [1.807, 2.05) is 17.4 Å². The fourth-order valence-electron chi connectivity index (χ4n) is 11.4. The first kappa shape index (κ1) is 42.9. The monoisotopic (exact) mass is 973 g/mol. The first-order valence-corrected chi connectivity index (χ1v) is 26.2. The lowest BCUT2D eigenvalue weighted by atomic mass is 9.99. The summed E-state index contributed by atoms with van der Waals surface area (Å²) >= 11 is 1.89. The highest BCUT2D eigenvalue weighted by Crippen LogP contribution is 2.48. The molecule has 15 aromatic rings. The molecule has 350 valence electrons. The Kier molecular flexibility index (Phi) is 10.00. The maximum Gasteiger partial charge on any atom is 0.166 e. The molecule has 0 aliphatic carbocycles. The van der Waals surface area contributed by atoms with E-state index in [2.05, 4.69) is 264 Å². The smallest absolute Gasteiger partial charge is 0.166 e. The van der Waals surface area contributed by atoms with Crippen LogP contribution in [0, 0.1) is 0 Å². The van der Waals surface area contributed by atoms with Crippen molar-refractivity contribution in [2.75, 3.05) is 0 Å². The predicted octanol–water partition coefficient (Wildman–Crippen LogP) is 18.4. The number of hydrogen-bond acceptors (Lipinski definition) is 4. The highest BCUT2D eigenvalue weighted by atomic mass is 32.1. The minimum absolute atomic E-state index is 0.596. The van der Waals surface area contributed by atoms with Gasteiger partial charge in [-0.25, -0.2) is 15.0 Å². The summed E-state index contributed by atoms with van der Waals surface area (Å²) in [5.74, 6) is 1.81. The fourth-order valence-corrected chi connectivity index (χ4v) is 12.7. The standard InChI is InChI=1S/C69H43N5S/c1-4-19-44(20-5-1)46-35-37-48(38-36-46)67-70-68(58-30-11-10-27-51(58)47-23-8-3-9-24-47)72-69(71-67)59-31-14-17-34-62(59)74-61-33-16-13-29-53(61)55-40-42-57-56-41-39-54-52-28-12-15-32-60(52)73(63(54)65(56)75-66(57)64(55)74)50-26-18-25-49(43-50)45-21-6-2-7-22-45/h1-43H. The molecular weight excluding hydrogens is 931 g/mol. The fraction of sp³-hybridized carbons (Fsp3) is 0. The van der Waals surface area contributed by atoms with Crippen molar-refractivity contribution in [1.82, 2.24) is 24.1 Å². The third-order valence-corrected chi connectivity index (χ3v) is 16.0. The zero-order chi connectivity index (χ0) is 49.4. The molecule has 0 aliphatic heterocycles. The van der Waals surface area contributed by atoms with Gasteiger partial charge in [0, 0.05) is 54.7 Å². The summed E-state index contributed by atoms with van der Waals surface area (Å²) in [4.78, 5) is 16.2. The van der Waals surface area contributed by atoms with Crippen LogP contribution in [0.3, 0.4) is 0 Å². The van der Waals surface area contributed by atoms with Crippen LogP contribution in [0.15, 0.2) is 261 Å². The highest BCUT2D eigenvalue weighted by molar-refractivity contribution is 7.27. The van der Waals surface area contributed by atoms with Crippen molar-refractivity contribution in [3.05, 3.63) is 261 Å². The molecule has 0 radical (unpaired) electrons. The number of thiophene rings is 1. The number of rotatable bonds is 8. The Morgan fingerprint density at radius 2 is 0.707 bits per heavy atom. The molecule has 0 N–H and O–H groups in total. The second-order valence-corrected chi connectivity index (χ2v) is 20.1. The summed E-state index contributed by atoms with van der Waals surface area (Å²) in [6.07, 6.45) is 0. The Hall–Kier alpha value is -9.75. The molecule has 0 fully saturated rings. The van der Waals surface area contributed by atoms with Crippen LogP contribution in [0.1, 0.15) is 0 Å². The molecule has 75 heavy (non-hydrogen) atoms. The molecule has 15 rings (SSSR count). The van der Waals surface area contributed by atoms with Crippen molar-refractivity contribution >= 4 is 75.1 Å². The number of nitrogens with zero attached hydrogens (tertiary/aromatic N) is 5. The quantitative estimate of drug-likeness (QED) is 0.152. The molecule has 0 saturated carbocycles. The van der Waals surface area contributed by atoms with Gasteiger partial charge in [-0.1, -0.05) is 224 Å². The molecule has 0 atom stereocenters.